The van der Waals surface area contributed by atoms with Crippen molar-refractivity contribution in [1.29, 1.82) is 5.26 Å². The summed E-state index contributed by atoms with van der Waals surface area (Å²) in [7, 11) is 1.59. The highest BCUT2D eigenvalue weighted by Crippen LogP contribution is 2.39. The summed E-state index contributed by atoms with van der Waals surface area (Å²) in [6, 6.07) is 17.6. The molecule has 3 aromatic rings. The van der Waals surface area contributed by atoms with Crippen molar-refractivity contribution in [3.8, 4) is 39.8 Å². The zero-order valence-electron chi connectivity index (χ0n) is 14.7. The molecule has 0 amide bonds. The monoisotopic (exact) mass is 345 g/mol. The average Bonchev–Trinajstić information content (AvgIpc) is 2.69. The van der Waals surface area contributed by atoms with Gasteiger partial charge in [-0.25, -0.2) is 4.98 Å². The summed E-state index contributed by atoms with van der Waals surface area (Å²) < 4.78 is 11.0. The molecule has 0 saturated carbocycles. The molecule has 1 heterocycles. The highest BCUT2D eigenvalue weighted by molar-refractivity contribution is 5.90. The maximum Gasteiger partial charge on any atom is 0.161 e. The van der Waals surface area contributed by atoms with Crippen LogP contribution in [0.1, 0.15) is 12.5 Å². The first-order valence-corrected chi connectivity index (χ1v) is 8.24. The highest BCUT2D eigenvalue weighted by Gasteiger charge is 2.18. The smallest absolute Gasteiger partial charge is 0.161 e. The van der Waals surface area contributed by atoms with E-state index in [9.17, 15) is 5.26 Å². The second-order valence-corrected chi connectivity index (χ2v) is 5.58. The van der Waals surface area contributed by atoms with Crippen molar-refractivity contribution < 1.29 is 9.47 Å². The molecule has 5 nitrogen and oxygen atoms in total. The Morgan fingerprint density at radius 3 is 2.50 bits per heavy atom. The molecule has 0 spiro atoms. The van der Waals surface area contributed by atoms with Gasteiger partial charge < -0.3 is 15.2 Å². The molecule has 5 heteroatoms. The Labute approximate surface area is 152 Å². The van der Waals surface area contributed by atoms with Gasteiger partial charge in [0.25, 0.3) is 0 Å². The third kappa shape index (κ3) is 3.17. The zero-order valence-corrected chi connectivity index (χ0v) is 14.7. The van der Waals surface area contributed by atoms with E-state index in [1.807, 2.05) is 55.5 Å². The van der Waals surface area contributed by atoms with E-state index >= 15 is 0 Å². The Hall–Kier alpha value is -3.52. The zero-order chi connectivity index (χ0) is 18.5. The van der Waals surface area contributed by atoms with Gasteiger partial charge in [-0.1, -0.05) is 36.4 Å². The molecule has 2 N–H and O–H groups in total. The van der Waals surface area contributed by atoms with E-state index < -0.39 is 0 Å². The van der Waals surface area contributed by atoms with Crippen LogP contribution in [0.4, 0.5) is 5.82 Å². The van der Waals surface area contributed by atoms with Crippen molar-refractivity contribution in [2.24, 2.45) is 0 Å². The number of hydrogen-bond acceptors (Lipinski definition) is 5. The maximum atomic E-state index is 9.67. The van der Waals surface area contributed by atoms with Gasteiger partial charge in [0.1, 0.15) is 17.5 Å². The summed E-state index contributed by atoms with van der Waals surface area (Å²) in [5, 5.41) is 9.67. The van der Waals surface area contributed by atoms with E-state index in [1.165, 1.54) is 0 Å². The second kappa shape index (κ2) is 7.58. The molecule has 0 radical (unpaired) electrons. The number of nitrogens with two attached hydrogens (primary N) is 1. The molecule has 0 fully saturated rings. The fraction of sp³-hybridized carbons (Fsp3) is 0.143. The fourth-order valence-electron chi connectivity index (χ4n) is 2.87. The third-order valence-corrected chi connectivity index (χ3v) is 4.06. The highest BCUT2D eigenvalue weighted by atomic mass is 16.5. The molecule has 0 unspecified atom stereocenters. The molecule has 0 atom stereocenters. The Morgan fingerprint density at radius 2 is 1.85 bits per heavy atom. The number of rotatable bonds is 5. The maximum absolute atomic E-state index is 9.67. The van der Waals surface area contributed by atoms with Crippen LogP contribution in [0.2, 0.25) is 0 Å². The number of hydrogen-bond donors (Lipinski definition) is 1. The van der Waals surface area contributed by atoms with E-state index in [4.69, 9.17) is 15.2 Å². The van der Waals surface area contributed by atoms with E-state index in [0.717, 1.165) is 22.3 Å². The van der Waals surface area contributed by atoms with Crippen molar-refractivity contribution in [2.75, 3.05) is 19.5 Å². The molecule has 0 aliphatic heterocycles. The molecule has 1 aromatic heterocycles. The summed E-state index contributed by atoms with van der Waals surface area (Å²) in [5.74, 6) is 1.46. The van der Waals surface area contributed by atoms with Crippen molar-refractivity contribution in [1.82, 2.24) is 4.98 Å². The Kier molecular flexibility index (Phi) is 5.04. The van der Waals surface area contributed by atoms with E-state index in [-0.39, 0.29) is 5.82 Å². The van der Waals surface area contributed by atoms with Crippen LogP contribution in [0.5, 0.6) is 11.5 Å². The number of nitrogen functional groups attached to an aromatic ring is 1. The largest absolute Gasteiger partial charge is 0.493 e. The van der Waals surface area contributed by atoms with Crippen LogP contribution in [-0.4, -0.2) is 18.7 Å². The lowest BCUT2D eigenvalue weighted by molar-refractivity contribution is 0.311. The number of aromatic nitrogens is 1. The number of methoxy groups -OCH3 is 1. The van der Waals surface area contributed by atoms with Gasteiger partial charge in [0.2, 0.25) is 0 Å². The minimum absolute atomic E-state index is 0.204. The summed E-state index contributed by atoms with van der Waals surface area (Å²) in [5.41, 5.74) is 9.66. The van der Waals surface area contributed by atoms with Gasteiger partial charge in [0.15, 0.2) is 11.5 Å². The molecule has 0 saturated heterocycles. The number of nitriles is 1. The molecule has 130 valence electrons. The minimum Gasteiger partial charge on any atom is -0.493 e. The first-order valence-electron chi connectivity index (χ1n) is 8.24. The van der Waals surface area contributed by atoms with Crippen LogP contribution < -0.4 is 15.2 Å². The van der Waals surface area contributed by atoms with E-state index in [0.29, 0.717) is 23.7 Å². The molecular weight excluding hydrogens is 326 g/mol. The van der Waals surface area contributed by atoms with Crippen LogP contribution in [0.15, 0.2) is 54.7 Å². The Morgan fingerprint density at radius 1 is 1.08 bits per heavy atom. The number of anilines is 1. The third-order valence-electron chi connectivity index (χ3n) is 4.06. The number of pyridine rings is 1. The summed E-state index contributed by atoms with van der Waals surface area (Å²) >= 11 is 0. The predicted octanol–water partition coefficient (Wildman–Crippen LogP) is 4.28. The number of nitrogens with zero attached hydrogens (tertiary/aromatic N) is 2. The standard InChI is InChI=1S/C21H19N3O2/c1-3-26-18-10-9-15(11-19(18)25-2)20-16(12-22)21(23)24-13-17(20)14-7-5-4-6-8-14/h4-11,13H,3H2,1-2H3,(H2,23,24). The van der Waals surface area contributed by atoms with Crippen LogP contribution in [0.25, 0.3) is 22.3 Å². The minimum atomic E-state index is 0.204. The van der Waals surface area contributed by atoms with Gasteiger partial charge in [0.05, 0.1) is 13.7 Å². The van der Waals surface area contributed by atoms with Gasteiger partial charge in [-0.3, -0.25) is 0 Å². The van der Waals surface area contributed by atoms with Gasteiger partial charge in [0, 0.05) is 17.3 Å². The second-order valence-electron chi connectivity index (χ2n) is 5.58. The summed E-state index contributed by atoms with van der Waals surface area (Å²) in [6.07, 6.45) is 1.70. The molecule has 0 bridgehead atoms. The van der Waals surface area contributed by atoms with Crippen molar-refractivity contribution in [3.63, 3.8) is 0 Å². The molecule has 0 aliphatic rings. The number of ether oxygens (including phenoxy) is 2. The van der Waals surface area contributed by atoms with Crippen molar-refractivity contribution in [3.05, 3.63) is 60.3 Å². The molecule has 0 aliphatic carbocycles. The molecular formula is C21H19N3O2. The summed E-state index contributed by atoms with van der Waals surface area (Å²) in [6.45, 7) is 2.45. The first kappa shape index (κ1) is 17.3. The van der Waals surface area contributed by atoms with Crippen molar-refractivity contribution >= 4 is 5.82 Å². The Bertz CT molecular complexity index is 963. The topological polar surface area (TPSA) is 81.2 Å². The number of benzene rings is 2. The van der Waals surface area contributed by atoms with Crippen molar-refractivity contribution in [2.45, 2.75) is 6.92 Å². The van der Waals surface area contributed by atoms with Gasteiger partial charge >= 0.3 is 0 Å². The molecule has 2 aromatic carbocycles. The van der Waals surface area contributed by atoms with Crippen LogP contribution in [0, 0.1) is 11.3 Å². The van der Waals surface area contributed by atoms with Crippen LogP contribution in [-0.2, 0) is 0 Å². The van der Waals surface area contributed by atoms with Gasteiger partial charge in [-0.15, -0.1) is 0 Å². The first-order chi connectivity index (χ1) is 12.7. The fourth-order valence-corrected chi connectivity index (χ4v) is 2.87. The lowest BCUT2D eigenvalue weighted by atomic mass is 9.92. The van der Waals surface area contributed by atoms with E-state index in [1.54, 1.807) is 13.3 Å². The normalized spacial score (nSPS) is 10.2. The lowest BCUT2D eigenvalue weighted by Gasteiger charge is -2.15. The quantitative estimate of drug-likeness (QED) is 0.746. The van der Waals surface area contributed by atoms with Crippen LogP contribution >= 0.6 is 0 Å². The SMILES string of the molecule is CCOc1ccc(-c2c(-c3ccccc3)cnc(N)c2C#N)cc1OC. The average molecular weight is 345 g/mol. The van der Waals surface area contributed by atoms with Gasteiger partial charge in [-0.2, -0.15) is 5.26 Å². The predicted molar refractivity (Wildman–Crippen MR) is 102 cm³/mol. The van der Waals surface area contributed by atoms with E-state index in [2.05, 4.69) is 11.1 Å². The Balaban J connectivity index is 2.27. The van der Waals surface area contributed by atoms with Gasteiger partial charge in [-0.05, 0) is 30.2 Å². The molecule has 3 rings (SSSR count). The van der Waals surface area contributed by atoms with Crippen LogP contribution in [0.3, 0.4) is 0 Å². The lowest BCUT2D eigenvalue weighted by Crippen LogP contribution is -2.01. The molecule has 26 heavy (non-hydrogen) atoms. The summed E-state index contributed by atoms with van der Waals surface area (Å²) in [4.78, 5) is 4.20.